The molecule has 2 aliphatic rings. The van der Waals surface area contributed by atoms with Crippen LogP contribution in [0.2, 0.25) is 0 Å². The van der Waals surface area contributed by atoms with Gasteiger partial charge >= 0.3 is 29.8 Å². The normalized spacial score (nSPS) is 32.0. The van der Waals surface area contributed by atoms with Gasteiger partial charge in [-0.25, -0.2) is 0 Å². The zero-order valence-electron chi connectivity index (χ0n) is 25.1. The van der Waals surface area contributed by atoms with E-state index in [1.54, 1.807) is 6.92 Å². The van der Waals surface area contributed by atoms with Crippen molar-refractivity contribution >= 4 is 47.5 Å². The summed E-state index contributed by atoms with van der Waals surface area (Å²) in [6.07, 6.45) is -6.85. The molecule has 15 nitrogen and oxygen atoms in total. The molecule has 16 heteroatoms. The Balaban J connectivity index is 2.46. The van der Waals surface area contributed by atoms with E-state index in [0.29, 0.717) is 0 Å². The van der Waals surface area contributed by atoms with Crippen LogP contribution in [-0.4, -0.2) is 109 Å². The average Bonchev–Trinajstić information content (AvgIpc) is 2.87. The molecule has 43 heavy (non-hydrogen) atoms. The van der Waals surface area contributed by atoms with Gasteiger partial charge in [0.05, 0.1) is 13.2 Å². The van der Waals surface area contributed by atoms with Crippen LogP contribution in [0.1, 0.15) is 48.5 Å². The molecule has 10 atom stereocenters. The average molecular weight is 634 g/mol. The van der Waals surface area contributed by atoms with Crippen molar-refractivity contribution in [2.45, 2.75) is 108 Å². The predicted octanol–water partition coefficient (Wildman–Crippen LogP) is 0.555. The largest absolute Gasteiger partial charge is 0.457 e. The Kier molecular flexibility index (Phi) is 13.9. The zero-order chi connectivity index (χ0) is 32.4. The van der Waals surface area contributed by atoms with Gasteiger partial charge in [0, 0.05) is 46.8 Å². The number of carbonyl (C=O) groups excluding carboxylic acids is 6. The molecule has 242 valence electrons. The maximum absolute atomic E-state index is 12.1. The molecule has 0 radical (unpaired) electrons. The van der Waals surface area contributed by atoms with Crippen LogP contribution < -0.4 is 5.32 Å². The molecule has 0 aliphatic carbocycles. The lowest BCUT2D eigenvalue weighted by Crippen LogP contribution is -2.66. The van der Waals surface area contributed by atoms with Crippen molar-refractivity contribution in [1.82, 2.24) is 5.32 Å². The van der Waals surface area contributed by atoms with Gasteiger partial charge in [-0.3, -0.25) is 28.8 Å². The minimum absolute atomic E-state index is 0.00846. The first-order valence-electron chi connectivity index (χ1n) is 13.4. The van der Waals surface area contributed by atoms with Crippen molar-refractivity contribution in [2.24, 2.45) is 0 Å². The van der Waals surface area contributed by atoms with Gasteiger partial charge < -0.3 is 43.2 Å². The first-order chi connectivity index (χ1) is 20.1. The van der Waals surface area contributed by atoms with Gasteiger partial charge in [-0.05, 0) is 6.92 Å². The van der Waals surface area contributed by atoms with E-state index in [1.807, 2.05) is 0 Å². The number of nitrogens with one attached hydrogen (secondary N) is 1. The van der Waals surface area contributed by atoms with E-state index in [-0.39, 0.29) is 13.2 Å². The number of hydrogen-bond donors (Lipinski definition) is 1. The van der Waals surface area contributed by atoms with Gasteiger partial charge in [0.2, 0.25) is 5.91 Å². The van der Waals surface area contributed by atoms with Crippen LogP contribution in [-0.2, 0) is 66.7 Å². The van der Waals surface area contributed by atoms with Gasteiger partial charge in [-0.1, -0.05) is 6.08 Å². The second kappa shape index (κ2) is 16.6. The molecule has 2 heterocycles. The third-order valence-electron chi connectivity index (χ3n) is 6.06. The number of carbonyl (C=O) groups is 6. The van der Waals surface area contributed by atoms with Gasteiger partial charge in [-0.15, -0.1) is 18.3 Å². The molecule has 0 spiro atoms. The van der Waals surface area contributed by atoms with Crippen LogP contribution in [0.4, 0.5) is 0 Å². The maximum atomic E-state index is 12.1. The third-order valence-corrected chi connectivity index (χ3v) is 7.43. The van der Waals surface area contributed by atoms with E-state index in [4.69, 9.17) is 37.9 Å². The maximum Gasteiger partial charge on any atom is 0.303 e. The monoisotopic (exact) mass is 633 g/mol. The van der Waals surface area contributed by atoms with E-state index >= 15 is 0 Å². The van der Waals surface area contributed by atoms with E-state index in [1.165, 1.54) is 19.9 Å². The lowest BCUT2D eigenvalue weighted by atomic mass is 9.96. The van der Waals surface area contributed by atoms with Gasteiger partial charge in [0.15, 0.2) is 36.8 Å². The van der Waals surface area contributed by atoms with E-state index in [9.17, 15) is 28.8 Å². The summed E-state index contributed by atoms with van der Waals surface area (Å²) in [7, 11) is 0. The molecule has 0 aromatic heterocycles. The molecule has 0 aromatic rings. The van der Waals surface area contributed by atoms with Crippen molar-refractivity contribution in [3.05, 3.63) is 12.7 Å². The minimum Gasteiger partial charge on any atom is -0.457 e. The lowest BCUT2D eigenvalue weighted by Gasteiger charge is -2.46. The molecule has 2 fully saturated rings. The highest BCUT2D eigenvalue weighted by atomic mass is 32.2. The Bertz CT molecular complexity index is 1050. The van der Waals surface area contributed by atoms with E-state index < -0.39 is 95.4 Å². The molecule has 2 saturated heterocycles. The fourth-order valence-corrected chi connectivity index (χ4v) is 6.00. The third kappa shape index (κ3) is 10.8. The standard InChI is InChI=1S/C27H39NO14S/c1-9-10-35-26-20(28-13(3)29)23(39-16(6)32)22(38-15(5)31)19(42-26)11-36-27-25(41-18(8)34)24(40-17(7)33)21(12(2)43-27)37-14(4)30/h9,12,19-27H,1,10-11H2,2-8H3,(H,28,29)/t12-,19+,20+,21+,22+,23+,24+,25-,26+,27-/m0/s1. The molecule has 1 amide bonds. The van der Waals surface area contributed by atoms with Crippen molar-refractivity contribution < 1.29 is 66.7 Å². The Morgan fingerprint density at radius 2 is 1.21 bits per heavy atom. The van der Waals surface area contributed by atoms with Crippen molar-refractivity contribution in [1.29, 1.82) is 0 Å². The fraction of sp³-hybridized carbons (Fsp3) is 0.704. The van der Waals surface area contributed by atoms with E-state index in [2.05, 4.69) is 11.9 Å². The predicted molar refractivity (Wildman–Crippen MR) is 147 cm³/mol. The van der Waals surface area contributed by atoms with Crippen LogP contribution in [0.25, 0.3) is 0 Å². The van der Waals surface area contributed by atoms with Crippen LogP contribution in [0.3, 0.4) is 0 Å². The second-order valence-electron chi connectivity index (χ2n) is 9.80. The highest BCUT2D eigenvalue weighted by molar-refractivity contribution is 8.00. The van der Waals surface area contributed by atoms with E-state index in [0.717, 1.165) is 39.5 Å². The van der Waals surface area contributed by atoms with Crippen LogP contribution in [0.15, 0.2) is 12.7 Å². The lowest BCUT2D eigenvalue weighted by molar-refractivity contribution is -0.278. The summed E-state index contributed by atoms with van der Waals surface area (Å²) in [5.74, 6) is -4.02. The quantitative estimate of drug-likeness (QED) is 0.178. The van der Waals surface area contributed by atoms with Gasteiger partial charge in [0.25, 0.3) is 0 Å². The number of thioether (sulfide) groups is 1. The van der Waals surface area contributed by atoms with Crippen LogP contribution in [0, 0.1) is 0 Å². The van der Waals surface area contributed by atoms with Crippen molar-refractivity contribution in [2.75, 3.05) is 13.2 Å². The Morgan fingerprint density at radius 1 is 0.721 bits per heavy atom. The highest BCUT2D eigenvalue weighted by Crippen LogP contribution is 2.39. The SMILES string of the molecule is C=CCO[C@@H]1O[C@H](CO[C@H]2S[C@@H](C)[C@@H](OC(C)=O)[C@@H](OC(C)=O)[C@@H]2OC(C)=O)[C@@H](OC(C)=O)[C@H](OC(C)=O)[C@H]1NC(C)=O. The number of hydrogen-bond acceptors (Lipinski definition) is 15. The molecule has 0 saturated carbocycles. The summed E-state index contributed by atoms with van der Waals surface area (Å²) < 4.78 is 45.3. The first-order valence-corrected chi connectivity index (χ1v) is 14.4. The molecular weight excluding hydrogens is 594 g/mol. The Morgan fingerprint density at radius 3 is 1.72 bits per heavy atom. The molecule has 2 rings (SSSR count). The summed E-state index contributed by atoms with van der Waals surface area (Å²) >= 11 is 1.14. The topological polar surface area (TPSA) is 188 Å². The second-order valence-corrected chi connectivity index (χ2v) is 11.3. The summed E-state index contributed by atoms with van der Waals surface area (Å²) in [5.41, 5.74) is -0.996. The van der Waals surface area contributed by atoms with Crippen LogP contribution >= 0.6 is 11.8 Å². The molecule has 2 aliphatic heterocycles. The number of esters is 5. The summed E-state index contributed by atoms with van der Waals surface area (Å²) in [4.78, 5) is 72.1. The zero-order valence-corrected chi connectivity index (χ0v) is 25.9. The Hall–Kier alpha value is -3.21. The van der Waals surface area contributed by atoms with Crippen molar-refractivity contribution in [3.63, 3.8) is 0 Å². The number of amides is 1. The number of rotatable bonds is 12. The fourth-order valence-electron chi connectivity index (χ4n) is 4.69. The smallest absolute Gasteiger partial charge is 0.303 e. The van der Waals surface area contributed by atoms with Gasteiger partial charge in [0.1, 0.15) is 17.6 Å². The number of ether oxygens (including phenoxy) is 8. The molecule has 0 bridgehead atoms. The molecular formula is C27H39NO14S. The Labute approximate surface area is 253 Å². The molecule has 0 aromatic carbocycles. The summed E-state index contributed by atoms with van der Waals surface area (Å²) in [5, 5.41) is 2.12. The molecule has 0 unspecified atom stereocenters. The highest BCUT2D eigenvalue weighted by Gasteiger charge is 2.53. The van der Waals surface area contributed by atoms with Crippen LogP contribution in [0.5, 0.6) is 0 Å². The minimum atomic E-state index is -1.28. The first kappa shape index (κ1) is 36.0. The summed E-state index contributed by atoms with van der Waals surface area (Å²) in [6, 6.07) is -1.09. The van der Waals surface area contributed by atoms with Crippen molar-refractivity contribution in [3.8, 4) is 0 Å². The van der Waals surface area contributed by atoms with Gasteiger partial charge in [-0.2, -0.15) is 0 Å². The summed E-state index contributed by atoms with van der Waals surface area (Å²) in [6.45, 7) is 12.0. The molecule has 1 N–H and O–H groups in total.